The summed E-state index contributed by atoms with van der Waals surface area (Å²) in [7, 11) is -1.64. The number of carbonyl (C=O) groups excluding carboxylic acids is 1. The lowest BCUT2D eigenvalue weighted by atomic mass is 9.98. The van der Waals surface area contributed by atoms with Crippen molar-refractivity contribution < 1.29 is 22.3 Å². The van der Waals surface area contributed by atoms with Gasteiger partial charge >= 0.3 is 0 Å². The maximum absolute atomic E-state index is 13.5. The highest BCUT2D eigenvalue weighted by Crippen LogP contribution is 2.22. The van der Waals surface area contributed by atoms with Crippen LogP contribution in [0.3, 0.4) is 0 Å². The Kier molecular flexibility index (Phi) is 6.09. The van der Waals surface area contributed by atoms with Crippen molar-refractivity contribution in [2.75, 3.05) is 33.1 Å². The molecular formula is C17H22FN3O4S2. The van der Waals surface area contributed by atoms with Crippen molar-refractivity contribution in [1.29, 1.82) is 0 Å². The first-order valence-electron chi connectivity index (χ1n) is 8.61. The smallest absolute Gasteiger partial charge is 0.251 e. The van der Waals surface area contributed by atoms with Crippen LogP contribution < -0.4 is 4.80 Å². The number of carbonyl (C=O) groups is 1. The van der Waals surface area contributed by atoms with Crippen molar-refractivity contribution in [1.82, 2.24) is 8.87 Å². The van der Waals surface area contributed by atoms with E-state index >= 15 is 0 Å². The van der Waals surface area contributed by atoms with Gasteiger partial charge in [-0.15, -0.1) is 0 Å². The molecule has 27 heavy (non-hydrogen) atoms. The summed E-state index contributed by atoms with van der Waals surface area (Å²) in [5.74, 6) is -0.907. The minimum Gasteiger partial charge on any atom is -0.383 e. The van der Waals surface area contributed by atoms with Crippen molar-refractivity contribution >= 4 is 37.5 Å². The van der Waals surface area contributed by atoms with Gasteiger partial charge in [0.25, 0.3) is 5.91 Å². The molecule has 0 N–H and O–H groups in total. The highest BCUT2D eigenvalue weighted by atomic mass is 32.2. The first kappa shape index (κ1) is 20.1. The third-order valence-corrected chi connectivity index (χ3v) is 6.99. The number of amides is 1. The van der Waals surface area contributed by atoms with Crippen molar-refractivity contribution in [2.24, 2.45) is 10.9 Å². The molecule has 0 atom stereocenters. The fourth-order valence-corrected chi connectivity index (χ4v) is 5.11. The van der Waals surface area contributed by atoms with Gasteiger partial charge in [0.05, 0.1) is 23.1 Å². The number of piperidine rings is 1. The number of benzene rings is 1. The third-order valence-electron chi connectivity index (χ3n) is 4.64. The summed E-state index contributed by atoms with van der Waals surface area (Å²) in [6.07, 6.45) is 2.08. The lowest BCUT2D eigenvalue weighted by Gasteiger charge is -2.28. The van der Waals surface area contributed by atoms with Gasteiger partial charge in [-0.3, -0.25) is 4.79 Å². The molecule has 3 rings (SSSR count). The monoisotopic (exact) mass is 415 g/mol. The average Bonchev–Trinajstić information content (AvgIpc) is 2.95. The van der Waals surface area contributed by atoms with Gasteiger partial charge < -0.3 is 9.30 Å². The van der Waals surface area contributed by atoms with Crippen LogP contribution in [0, 0.1) is 11.7 Å². The number of hydrogen-bond donors (Lipinski definition) is 0. The van der Waals surface area contributed by atoms with Gasteiger partial charge in [0.15, 0.2) is 4.80 Å². The second kappa shape index (κ2) is 8.17. The van der Waals surface area contributed by atoms with Gasteiger partial charge in [0, 0.05) is 32.7 Å². The Bertz CT molecular complexity index is 1000. The highest BCUT2D eigenvalue weighted by molar-refractivity contribution is 7.88. The summed E-state index contributed by atoms with van der Waals surface area (Å²) >= 11 is 1.26. The number of sulfonamides is 1. The predicted molar refractivity (Wildman–Crippen MR) is 101 cm³/mol. The lowest BCUT2D eigenvalue weighted by Crippen LogP contribution is -2.39. The van der Waals surface area contributed by atoms with E-state index in [0.717, 1.165) is 5.52 Å². The van der Waals surface area contributed by atoms with E-state index < -0.39 is 10.0 Å². The Morgan fingerprint density at radius 2 is 2.07 bits per heavy atom. The van der Waals surface area contributed by atoms with Gasteiger partial charge in [-0.2, -0.15) is 4.99 Å². The Morgan fingerprint density at radius 1 is 1.37 bits per heavy atom. The molecule has 0 bridgehead atoms. The van der Waals surface area contributed by atoms with E-state index in [-0.39, 0.29) is 17.6 Å². The molecule has 0 aliphatic carbocycles. The van der Waals surface area contributed by atoms with Crippen LogP contribution in [0.15, 0.2) is 23.2 Å². The number of methoxy groups -OCH3 is 1. The van der Waals surface area contributed by atoms with Crippen LogP contribution in [0.1, 0.15) is 12.8 Å². The van der Waals surface area contributed by atoms with Crippen LogP contribution in [-0.4, -0.2) is 56.3 Å². The van der Waals surface area contributed by atoms with Gasteiger partial charge in [-0.25, -0.2) is 17.1 Å². The summed E-state index contributed by atoms with van der Waals surface area (Å²) in [4.78, 5) is 17.4. The Hall–Kier alpha value is -1.62. The zero-order chi connectivity index (χ0) is 19.6. The Morgan fingerprint density at radius 3 is 2.70 bits per heavy atom. The van der Waals surface area contributed by atoms with E-state index in [1.807, 2.05) is 4.57 Å². The average molecular weight is 416 g/mol. The molecule has 1 saturated heterocycles. The van der Waals surface area contributed by atoms with E-state index in [1.54, 1.807) is 13.2 Å². The van der Waals surface area contributed by atoms with E-state index in [4.69, 9.17) is 4.74 Å². The van der Waals surface area contributed by atoms with Crippen LogP contribution in [0.2, 0.25) is 0 Å². The number of hydrogen-bond acceptors (Lipinski definition) is 5. The van der Waals surface area contributed by atoms with Gasteiger partial charge in [0.1, 0.15) is 5.82 Å². The normalized spacial score (nSPS) is 17.7. The molecule has 1 aromatic heterocycles. The number of ether oxygens (including phenoxy) is 1. The molecule has 2 aromatic rings. The summed E-state index contributed by atoms with van der Waals surface area (Å²) < 4.78 is 45.8. The maximum Gasteiger partial charge on any atom is 0.251 e. The highest BCUT2D eigenvalue weighted by Gasteiger charge is 2.28. The molecule has 1 aliphatic heterocycles. The molecule has 1 amide bonds. The first-order valence-corrected chi connectivity index (χ1v) is 11.3. The van der Waals surface area contributed by atoms with Crippen molar-refractivity contribution in [2.45, 2.75) is 19.4 Å². The van der Waals surface area contributed by atoms with Gasteiger partial charge in [-0.05, 0) is 31.0 Å². The fraction of sp³-hybridized carbons (Fsp3) is 0.529. The molecule has 0 spiro atoms. The fourth-order valence-electron chi connectivity index (χ4n) is 3.15. The number of fused-ring (bicyclic) bond motifs is 1. The standard InChI is InChI=1S/C17H22FN3O4S2/c1-25-10-9-21-14-4-3-13(18)11-15(14)26-17(21)19-16(22)12-5-7-20(8-6-12)27(2,23)24/h3-4,11-12H,5-10H2,1-2H3. The van der Waals surface area contributed by atoms with E-state index in [1.165, 1.54) is 34.0 Å². The molecule has 10 heteroatoms. The molecule has 0 unspecified atom stereocenters. The maximum atomic E-state index is 13.5. The molecule has 7 nitrogen and oxygen atoms in total. The summed E-state index contributed by atoms with van der Waals surface area (Å²) in [5, 5.41) is 0. The van der Waals surface area contributed by atoms with Gasteiger partial charge in [-0.1, -0.05) is 11.3 Å². The van der Waals surface area contributed by atoms with E-state index in [0.29, 0.717) is 48.6 Å². The van der Waals surface area contributed by atoms with Gasteiger partial charge in [0.2, 0.25) is 10.0 Å². The summed E-state index contributed by atoms with van der Waals surface area (Å²) in [6.45, 7) is 1.59. The SMILES string of the molecule is COCCn1c(=NC(=O)C2CCN(S(C)(=O)=O)CC2)sc2cc(F)ccc21. The zero-order valence-electron chi connectivity index (χ0n) is 15.2. The minimum atomic E-state index is -3.23. The predicted octanol–water partition coefficient (Wildman–Crippen LogP) is 1.59. The topological polar surface area (TPSA) is 81.0 Å². The molecule has 0 saturated carbocycles. The molecule has 0 radical (unpaired) electrons. The molecule has 148 valence electrons. The van der Waals surface area contributed by atoms with Crippen LogP contribution in [-0.2, 0) is 26.1 Å². The van der Waals surface area contributed by atoms with Crippen LogP contribution >= 0.6 is 11.3 Å². The molecule has 2 heterocycles. The molecule has 1 aliphatic rings. The van der Waals surface area contributed by atoms with Crippen LogP contribution in [0.5, 0.6) is 0 Å². The first-order chi connectivity index (χ1) is 12.8. The van der Waals surface area contributed by atoms with Crippen LogP contribution in [0.4, 0.5) is 4.39 Å². The van der Waals surface area contributed by atoms with Crippen molar-refractivity contribution in [3.63, 3.8) is 0 Å². The zero-order valence-corrected chi connectivity index (χ0v) is 16.9. The quantitative estimate of drug-likeness (QED) is 0.743. The number of nitrogens with zero attached hydrogens (tertiary/aromatic N) is 3. The molecule has 1 aromatic carbocycles. The summed E-state index contributed by atoms with van der Waals surface area (Å²) in [6, 6.07) is 4.48. The second-order valence-corrected chi connectivity index (χ2v) is 9.52. The molecular weight excluding hydrogens is 393 g/mol. The van der Waals surface area contributed by atoms with Crippen molar-refractivity contribution in [3.8, 4) is 0 Å². The Labute approximate surface area is 161 Å². The lowest BCUT2D eigenvalue weighted by molar-refractivity contribution is -0.122. The minimum absolute atomic E-state index is 0.263. The summed E-state index contributed by atoms with van der Waals surface area (Å²) in [5.41, 5.74) is 0.803. The number of thiazole rings is 1. The van der Waals surface area contributed by atoms with Crippen molar-refractivity contribution in [3.05, 3.63) is 28.8 Å². The molecule has 1 fully saturated rings. The Balaban J connectivity index is 1.87. The second-order valence-electron chi connectivity index (χ2n) is 6.53. The number of rotatable bonds is 5. The van der Waals surface area contributed by atoms with Crippen LogP contribution in [0.25, 0.3) is 10.2 Å². The number of aromatic nitrogens is 1. The van der Waals surface area contributed by atoms with E-state index in [9.17, 15) is 17.6 Å². The number of halogens is 1. The largest absolute Gasteiger partial charge is 0.383 e. The van der Waals surface area contributed by atoms with E-state index in [2.05, 4.69) is 4.99 Å². The third kappa shape index (κ3) is 4.63.